The van der Waals surface area contributed by atoms with E-state index < -0.39 is 11.8 Å². The van der Waals surface area contributed by atoms with Crippen LogP contribution < -0.4 is 22.1 Å². The SMILES string of the molecule is CCCCN(CC(N)=O)c1cc(C(N)=O)ccc1N. The summed E-state index contributed by atoms with van der Waals surface area (Å²) in [6.07, 6.45) is 1.87. The van der Waals surface area contributed by atoms with Crippen molar-refractivity contribution in [1.29, 1.82) is 0 Å². The molecule has 0 bridgehead atoms. The Labute approximate surface area is 112 Å². The molecule has 0 saturated carbocycles. The highest BCUT2D eigenvalue weighted by Gasteiger charge is 2.14. The van der Waals surface area contributed by atoms with E-state index in [4.69, 9.17) is 17.2 Å². The molecule has 0 aliphatic heterocycles. The second kappa shape index (κ2) is 6.63. The maximum atomic E-state index is 11.2. The number of primary amides is 2. The predicted octanol–water partition coefficient (Wildman–Crippen LogP) is 0.460. The fourth-order valence-electron chi connectivity index (χ4n) is 1.79. The first-order chi connectivity index (χ1) is 8.95. The molecule has 104 valence electrons. The lowest BCUT2D eigenvalue weighted by atomic mass is 10.1. The Balaban J connectivity index is 3.08. The Morgan fingerprint density at radius 1 is 1.26 bits per heavy atom. The van der Waals surface area contributed by atoms with Crippen molar-refractivity contribution in [2.24, 2.45) is 11.5 Å². The Morgan fingerprint density at radius 2 is 1.95 bits per heavy atom. The normalized spacial score (nSPS) is 10.2. The van der Waals surface area contributed by atoms with Crippen molar-refractivity contribution in [2.45, 2.75) is 19.8 Å². The van der Waals surface area contributed by atoms with Crippen LogP contribution in [-0.2, 0) is 4.79 Å². The molecule has 0 fully saturated rings. The van der Waals surface area contributed by atoms with Crippen molar-refractivity contribution < 1.29 is 9.59 Å². The van der Waals surface area contributed by atoms with Crippen molar-refractivity contribution in [3.63, 3.8) is 0 Å². The first-order valence-corrected chi connectivity index (χ1v) is 6.18. The van der Waals surface area contributed by atoms with Crippen LogP contribution in [0.3, 0.4) is 0 Å². The van der Waals surface area contributed by atoms with Gasteiger partial charge in [-0.2, -0.15) is 0 Å². The Hall–Kier alpha value is -2.24. The van der Waals surface area contributed by atoms with Crippen LogP contribution in [0, 0.1) is 0 Å². The van der Waals surface area contributed by atoms with Gasteiger partial charge in [0.15, 0.2) is 0 Å². The zero-order valence-electron chi connectivity index (χ0n) is 11.1. The quantitative estimate of drug-likeness (QED) is 0.620. The molecule has 19 heavy (non-hydrogen) atoms. The lowest BCUT2D eigenvalue weighted by molar-refractivity contribution is -0.116. The minimum Gasteiger partial charge on any atom is -0.397 e. The molecule has 1 rings (SSSR count). The van der Waals surface area contributed by atoms with Gasteiger partial charge in [-0.3, -0.25) is 9.59 Å². The van der Waals surface area contributed by atoms with Gasteiger partial charge in [-0.1, -0.05) is 13.3 Å². The lowest BCUT2D eigenvalue weighted by Crippen LogP contribution is -2.35. The van der Waals surface area contributed by atoms with E-state index in [-0.39, 0.29) is 6.54 Å². The van der Waals surface area contributed by atoms with Crippen molar-refractivity contribution in [2.75, 3.05) is 23.7 Å². The van der Waals surface area contributed by atoms with Gasteiger partial charge in [-0.25, -0.2) is 0 Å². The van der Waals surface area contributed by atoms with Crippen LogP contribution in [0.4, 0.5) is 11.4 Å². The van der Waals surface area contributed by atoms with E-state index in [1.54, 1.807) is 23.1 Å². The van der Waals surface area contributed by atoms with Crippen LogP contribution in [0.25, 0.3) is 0 Å². The van der Waals surface area contributed by atoms with Crippen LogP contribution in [0.2, 0.25) is 0 Å². The molecule has 2 amide bonds. The third kappa shape index (κ3) is 4.17. The summed E-state index contributed by atoms with van der Waals surface area (Å²) in [6.45, 7) is 2.75. The molecular formula is C13H20N4O2. The fraction of sp³-hybridized carbons (Fsp3) is 0.385. The summed E-state index contributed by atoms with van der Waals surface area (Å²) < 4.78 is 0. The number of nitrogen functional groups attached to an aromatic ring is 1. The summed E-state index contributed by atoms with van der Waals surface area (Å²) in [5.74, 6) is -0.976. The molecule has 0 spiro atoms. The lowest BCUT2D eigenvalue weighted by Gasteiger charge is -2.25. The molecule has 6 heteroatoms. The summed E-state index contributed by atoms with van der Waals surface area (Å²) in [5.41, 5.74) is 17.8. The predicted molar refractivity (Wildman–Crippen MR) is 75.7 cm³/mol. The maximum Gasteiger partial charge on any atom is 0.248 e. The summed E-state index contributed by atoms with van der Waals surface area (Å²) in [5, 5.41) is 0. The highest BCUT2D eigenvalue weighted by atomic mass is 16.1. The number of carbonyl (C=O) groups excluding carboxylic acids is 2. The maximum absolute atomic E-state index is 11.2. The molecule has 0 unspecified atom stereocenters. The van der Waals surface area contributed by atoms with Crippen LogP contribution in [0.1, 0.15) is 30.1 Å². The van der Waals surface area contributed by atoms with Gasteiger partial charge in [0.1, 0.15) is 0 Å². The summed E-state index contributed by atoms with van der Waals surface area (Å²) in [4.78, 5) is 24.1. The van der Waals surface area contributed by atoms with Crippen molar-refractivity contribution in [1.82, 2.24) is 0 Å². The highest BCUT2D eigenvalue weighted by molar-refractivity contribution is 5.95. The Morgan fingerprint density at radius 3 is 2.47 bits per heavy atom. The number of rotatable bonds is 7. The third-order valence-corrected chi connectivity index (χ3v) is 2.78. The highest BCUT2D eigenvalue weighted by Crippen LogP contribution is 2.24. The number of hydrogen-bond donors (Lipinski definition) is 3. The molecule has 0 aliphatic carbocycles. The second-order valence-corrected chi connectivity index (χ2v) is 4.38. The number of hydrogen-bond acceptors (Lipinski definition) is 4. The van der Waals surface area contributed by atoms with E-state index in [1.807, 2.05) is 6.92 Å². The number of unbranched alkanes of at least 4 members (excludes halogenated alkanes) is 1. The van der Waals surface area contributed by atoms with Gasteiger partial charge in [-0.05, 0) is 24.6 Å². The molecule has 0 heterocycles. The Bertz CT molecular complexity index is 474. The van der Waals surface area contributed by atoms with Crippen molar-refractivity contribution >= 4 is 23.2 Å². The number of amides is 2. The van der Waals surface area contributed by atoms with Gasteiger partial charge in [0.25, 0.3) is 0 Å². The molecule has 6 nitrogen and oxygen atoms in total. The average molecular weight is 264 g/mol. The first-order valence-electron chi connectivity index (χ1n) is 6.18. The molecule has 0 radical (unpaired) electrons. The smallest absolute Gasteiger partial charge is 0.248 e. The molecule has 6 N–H and O–H groups in total. The molecule has 0 aliphatic rings. The van der Waals surface area contributed by atoms with Crippen LogP contribution >= 0.6 is 0 Å². The van der Waals surface area contributed by atoms with Crippen molar-refractivity contribution in [3.8, 4) is 0 Å². The molecular weight excluding hydrogens is 244 g/mol. The topological polar surface area (TPSA) is 115 Å². The zero-order chi connectivity index (χ0) is 14.4. The van der Waals surface area contributed by atoms with Gasteiger partial charge < -0.3 is 22.1 Å². The Kier molecular flexibility index (Phi) is 5.17. The summed E-state index contributed by atoms with van der Waals surface area (Å²) >= 11 is 0. The third-order valence-electron chi connectivity index (χ3n) is 2.78. The van der Waals surface area contributed by atoms with Crippen LogP contribution in [0.15, 0.2) is 18.2 Å². The van der Waals surface area contributed by atoms with Crippen LogP contribution in [0.5, 0.6) is 0 Å². The summed E-state index contributed by atoms with van der Waals surface area (Å²) in [6, 6.07) is 4.76. The number of nitrogens with two attached hydrogens (primary N) is 3. The van der Waals surface area contributed by atoms with Gasteiger partial charge in [-0.15, -0.1) is 0 Å². The summed E-state index contributed by atoms with van der Waals surface area (Å²) in [7, 11) is 0. The standard InChI is InChI=1S/C13H20N4O2/c1-2-3-6-17(8-12(15)18)11-7-9(13(16)19)4-5-10(11)14/h4-5,7H,2-3,6,8,14H2,1H3,(H2,15,18)(H2,16,19). The number of benzene rings is 1. The van der Waals surface area contributed by atoms with Gasteiger partial charge >= 0.3 is 0 Å². The second-order valence-electron chi connectivity index (χ2n) is 4.38. The molecule has 0 atom stereocenters. The van der Waals surface area contributed by atoms with Crippen molar-refractivity contribution in [3.05, 3.63) is 23.8 Å². The van der Waals surface area contributed by atoms with E-state index >= 15 is 0 Å². The minimum absolute atomic E-state index is 0.0619. The van der Waals surface area contributed by atoms with Gasteiger partial charge in [0.2, 0.25) is 11.8 Å². The molecule has 1 aromatic carbocycles. The van der Waals surface area contributed by atoms with E-state index in [2.05, 4.69) is 0 Å². The minimum atomic E-state index is -0.532. The van der Waals surface area contributed by atoms with E-state index in [0.717, 1.165) is 12.8 Å². The fourth-order valence-corrected chi connectivity index (χ4v) is 1.79. The number of anilines is 2. The molecule has 0 saturated heterocycles. The van der Waals surface area contributed by atoms with E-state index in [1.165, 1.54) is 0 Å². The average Bonchev–Trinajstić information content (AvgIpc) is 2.34. The first kappa shape index (κ1) is 14.8. The number of nitrogens with zero attached hydrogens (tertiary/aromatic N) is 1. The van der Waals surface area contributed by atoms with Gasteiger partial charge in [0, 0.05) is 12.1 Å². The number of carbonyl (C=O) groups is 2. The zero-order valence-corrected chi connectivity index (χ0v) is 11.1. The van der Waals surface area contributed by atoms with E-state index in [9.17, 15) is 9.59 Å². The van der Waals surface area contributed by atoms with Gasteiger partial charge in [0.05, 0.1) is 17.9 Å². The van der Waals surface area contributed by atoms with Crippen LogP contribution in [-0.4, -0.2) is 24.9 Å². The largest absolute Gasteiger partial charge is 0.397 e. The molecule has 1 aromatic rings. The molecule has 0 aromatic heterocycles. The van der Waals surface area contributed by atoms with E-state index in [0.29, 0.717) is 23.5 Å². The monoisotopic (exact) mass is 264 g/mol.